The minimum absolute atomic E-state index is 0.246. The van der Waals surface area contributed by atoms with E-state index >= 15 is 0 Å². The van der Waals surface area contributed by atoms with Gasteiger partial charge in [-0.3, -0.25) is 0 Å². The molecule has 0 N–H and O–H groups in total. The summed E-state index contributed by atoms with van der Waals surface area (Å²) >= 11 is 17.6. The van der Waals surface area contributed by atoms with Gasteiger partial charge in [0.1, 0.15) is 5.02 Å². The van der Waals surface area contributed by atoms with Gasteiger partial charge in [0, 0.05) is 16.2 Å². The highest BCUT2D eigenvalue weighted by Gasteiger charge is 2.10. The van der Waals surface area contributed by atoms with Crippen LogP contribution in [0.25, 0.3) is 0 Å². The number of para-hydroxylation sites is 1. The van der Waals surface area contributed by atoms with Crippen molar-refractivity contribution in [1.82, 2.24) is 0 Å². The van der Waals surface area contributed by atoms with E-state index in [0.717, 1.165) is 0 Å². The maximum atomic E-state index is 11.9. The van der Waals surface area contributed by atoms with E-state index in [1.165, 1.54) is 6.07 Å². The van der Waals surface area contributed by atoms with Crippen LogP contribution in [0.15, 0.2) is 47.6 Å². The molecule has 0 aliphatic heterocycles. The zero-order valence-electron chi connectivity index (χ0n) is 8.98. The van der Waals surface area contributed by atoms with Gasteiger partial charge in [-0.15, -0.1) is 0 Å². The van der Waals surface area contributed by atoms with E-state index in [0.29, 0.717) is 25.6 Å². The molecule has 0 saturated heterocycles. The molecule has 2 aromatic carbocycles. The van der Waals surface area contributed by atoms with Crippen LogP contribution in [-0.2, 0) is 0 Å². The lowest BCUT2D eigenvalue weighted by Crippen LogP contribution is -1.91. The molecule has 0 aliphatic carbocycles. The van der Waals surface area contributed by atoms with Gasteiger partial charge in [0.15, 0.2) is 5.69 Å². The minimum Gasteiger partial charge on any atom is -0.594 e. The molecule has 0 heterocycles. The van der Waals surface area contributed by atoms with Crippen molar-refractivity contribution in [3.05, 3.63) is 62.7 Å². The van der Waals surface area contributed by atoms with Gasteiger partial charge in [-0.1, -0.05) is 46.9 Å². The molecule has 92 valence electrons. The van der Waals surface area contributed by atoms with E-state index in [1.54, 1.807) is 36.4 Å². The second-order valence-electron chi connectivity index (χ2n) is 3.42. The summed E-state index contributed by atoms with van der Waals surface area (Å²) in [5.41, 5.74) is 0.536. The first kappa shape index (κ1) is 13.1. The summed E-state index contributed by atoms with van der Waals surface area (Å²) in [6, 6.07) is 11.3. The van der Waals surface area contributed by atoms with Gasteiger partial charge in [0.05, 0.1) is 5.02 Å². The quantitative estimate of drug-likeness (QED) is 0.406. The second kappa shape index (κ2) is 5.57. The van der Waals surface area contributed by atoms with Crippen LogP contribution in [0.5, 0.6) is 0 Å². The number of azo groups is 1. The van der Waals surface area contributed by atoms with Crippen molar-refractivity contribution in [2.75, 3.05) is 0 Å². The molecule has 0 aromatic heterocycles. The molecule has 0 radical (unpaired) electrons. The van der Waals surface area contributed by atoms with Crippen LogP contribution in [-0.4, -0.2) is 4.86 Å². The van der Waals surface area contributed by atoms with Gasteiger partial charge in [0.2, 0.25) is 0 Å². The molecule has 0 spiro atoms. The summed E-state index contributed by atoms with van der Waals surface area (Å²) in [4.78, 5) is 0.417. The highest BCUT2D eigenvalue weighted by Crippen LogP contribution is 2.31. The summed E-state index contributed by atoms with van der Waals surface area (Å²) in [6.07, 6.45) is 0. The normalized spacial score (nSPS) is 11.6. The first-order valence-electron chi connectivity index (χ1n) is 4.96. The molecule has 3 nitrogen and oxygen atoms in total. The number of rotatable bonds is 2. The highest BCUT2D eigenvalue weighted by molar-refractivity contribution is 6.35. The smallest absolute Gasteiger partial charge is 0.263 e. The van der Waals surface area contributed by atoms with Crippen molar-refractivity contribution in [2.45, 2.75) is 0 Å². The Balaban J connectivity index is 2.45. The monoisotopic (exact) mass is 300 g/mol. The number of hydrogen-bond acceptors (Lipinski definition) is 2. The number of halogens is 3. The van der Waals surface area contributed by atoms with Gasteiger partial charge in [0.25, 0.3) is 5.69 Å². The lowest BCUT2D eigenvalue weighted by molar-refractivity contribution is -0.435. The Morgan fingerprint density at radius 1 is 0.944 bits per heavy atom. The summed E-state index contributed by atoms with van der Waals surface area (Å²) in [6.45, 7) is 0. The molecule has 0 aliphatic rings. The van der Waals surface area contributed by atoms with E-state index < -0.39 is 0 Å². The van der Waals surface area contributed by atoms with Gasteiger partial charge in [-0.05, 0) is 29.1 Å². The van der Waals surface area contributed by atoms with E-state index in [2.05, 4.69) is 5.11 Å². The van der Waals surface area contributed by atoms with Gasteiger partial charge in [-0.2, -0.15) is 0 Å². The Hall–Kier alpha value is -1.29. The van der Waals surface area contributed by atoms with Gasteiger partial charge >= 0.3 is 0 Å². The average Bonchev–Trinajstić information content (AvgIpc) is 2.34. The van der Waals surface area contributed by atoms with Crippen molar-refractivity contribution in [3.8, 4) is 0 Å². The Bertz CT molecular complexity index is 614. The second-order valence-corrected chi connectivity index (χ2v) is 4.67. The van der Waals surface area contributed by atoms with Crippen LogP contribution in [0.1, 0.15) is 0 Å². The summed E-state index contributed by atoms with van der Waals surface area (Å²) in [5.74, 6) is 0. The third-order valence-electron chi connectivity index (χ3n) is 2.17. The van der Waals surface area contributed by atoms with E-state index in [-0.39, 0.29) is 5.69 Å². The first-order chi connectivity index (χ1) is 8.58. The topological polar surface area (TPSA) is 38.4 Å². The highest BCUT2D eigenvalue weighted by atomic mass is 35.5. The third-order valence-corrected chi connectivity index (χ3v) is 3.04. The Morgan fingerprint density at radius 2 is 1.67 bits per heavy atom. The van der Waals surface area contributed by atoms with Crippen LogP contribution in [0.2, 0.25) is 15.1 Å². The van der Waals surface area contributed by atoms with Crippen LogP contribution < -0.4 is 0 Å². The molecular formula is C12H7Cl3N2O. The summed E-state index contributed by atoms with van der Waals surface area (Å²) in [7, 11) is 0. The maximum Gasteiger partial charge on any atom is 0.263 e. The van der Waals surface area contributed by atoms with E-state index in [4.69, 9.17) is 34.8 Å². The Labute approximate surface area is 119 Å². The predicted octanol–water partition coefficient (Wildman–Crippen LogP) is 5.57. The number of hydrogen-bond donors (Lipinski definition) is 0. The zero-order valence-corrected chi connectivity index (χ0v) is 11.2. The minimum atomic E-state index is 0.246. The molecule has 18 heavy (non-hydrogen) atoms. The fourth-order valence-corrected chi connectivity index (χ4v) is 1.85. The van der Waals surface area contributed by atoms with Crippen molar-refractivity contribution >= 4 is 46.2 Å². The Morgan fingerprint density at radius 3 is 2.39 bits per heavy atom. The molecule has 2 aromatic rings. The van der Waals surface area contributed by atoms with E-state index in [1.807, 2.05) is 0 Å². The van der Waals surface area contributed by atoms with Crippen LogP contribution in [0, 0.1) is 5.21 Å². The number of benzene rings is 2. The Kier molecular flexibility index (Phi) is 4.07. The largest absolute Gasteiger partial charge is 0.594 e. The first-order valence-corrected chi connectivity index (χ1v) is 6.10. The molecule has 0 amide bonds. The van der Waals surface area contributed by atoms with Crippen LogP contribution in [0.4, 0.5) is 11.4 Å². The molecular weight excluding hydrogens is 295 g/mol. The molecule has 0 bridgehead atoms. The fraction of sp³-hybridized carbons (Fsp3) is 0. The van der Waals surface area contributed by atoms with Crippen molar-refractivity contribution in [2.24, 2.45) is 5.11 Å². The summed E-state index contributed by atoms with van der Waals surface area (Å²) < 4.78 is 0. The van der Waals surface area contributed by atoms with Crippen LogP contribution in [0.3, 0.4) is 0 Å². The zero-order chi connectivity index (χ0) is 13.1. The SMILES string of the molecule is [O-][N+](=Nc1cc(Cl)ccc1Cl)c1ccccc1Cl. The van der Waals surface area contributed by atoms with E-state index in [9.17, 15) is 5.21 Å². The van der Waals surface area contributed by atoms with Gasteiger partial charge < -0.3 is 5.21 Å². The summed E-state index contributed by atoms with van der Waals surface area (Å²) in [5, 5.41) is 16.8. The lowest BCUT2D eigenvalue weighted by Gasteiger charge is -2.02. The fourth-order valence-electron chi connectivity index (χ4n) is 1.32. The molecule has 0 fully saturated rings. The molecule has 0 saturated carbocycles. The lowest BCUT2D eigenvalue weighted by atomic mass is 10.3. The predicted molar refractivity (Wildman–Crippen MR) is 73.3 cm³/mol. The van der Waals surface area contributed by atoms with Crippen LogP contribution >= 0.6 is 34.8 Å². The molecule has 6 heteroatoms. The van der Waals surface area contributed by atoms with Gasteiger partial charge in [-0.25, -0.2) is 0 Å². The maximum absolute atomic E-state index is 11.9. The van der Waals surface area contributed by atoms with Crippen molar-refractivity contribution in [1.29, 1.82) is 0 Å². The third kappa shape index (κ3) is 2.93. The average molecular weight is 302 g/mol. The molecule has 0 atom stereocenters. The standard InChI is InChI=1S/C12H7Cl3N2O/c13-8-5-6-9(14)11(7-8)16-17(18)12-4-2-1-3-10(12)15/h1-7H. The van der Waals surface area contributed by atoms with Crippen molar-refractivity contribution < 1.29 is 4.86 Å². The van der Waals surface area contributed by atoms with Crippen molar-refractivity contribution in [3.63, 3.8) is 0 Å². The molecule has 0 unspecified atom stereocenters. The molecule has 2 rings (SSSR count). The number of nitrogens with zero attached hydrogens (tertiary/aromatic N) is 2.